The van der Waals surface area contributed by atoms with Gasteiger partial charge in [-0.05, 0) is 38.0 Å². The normalized spacial score (nSPS) is 25.8. The Balaban J connectivity index is 2.32. The van der Waals surface area contributed by atoms with E-state index in [2.05, 4.69) is 13.8 Å². The molecule has 3 nitrogen and oxygen atoms in total. The molecule has 3 heteroatoms. The molecule has 0 bridgehead atoms. The largest absolute Gasteiger partial charge is 0.346 e. The van der Waals surface area contributed by atoms with Crippen LogP contribution in [0.2, 0.25) is 0 Å². The van der Waals surface area contributed by atoms with Gasteiger partial charge in [0.15, 0.2) is 0 Å². The average molecular weight is 226 g/mol. The molecule has 0 heterocycles. The van der Waals surface area contributed by atoms with Crippen molar-refractivity contribution in [1.82, 2.24) is 4.90 Å². The minimum Gasteiger partial charge on any atom is -0.346 e. The first kappa shape index (κ1) is 13.5. The van der Waals surface area contributed by atoms with Gasteiger partial charge >= 0.3 is 0 Å². The lowest BCUT2D eigenvalue weighted by atomic mass is 9.85. The Labute approximate surface area is 99.4 Å². The van der Waals surface area contributed by atoms with Crippen LogP contribution in [0.1, 0.15) is 46.0 Å². The summed E-state index contributed by atoms with van der Waals surface area (Å²) >= 11 is 0. The summed E-state index contributed by atoms with van der Waals surface area (Å²) in [5.41, 5.74) is 5.85. The van der Waals surface area contributed by atoms with E-state index in [1.807, 2.05) is 11.9 Å². The maximum absolute atomic E-state index is 12.1. The lowest BCUT2D eigenvalue weighted by molar-refractivity contribution is -0.135. The predicted octanol–water partition coefficient (Wildman–Crippen LogP) is 2.01. The molecule has 0 radical (unpaired) electrons. The SMILES string of the molecule is CC(C)CCN(C)C(=O)C1CCC(N)CC1. The van der Waals surface area contributed by atoms with Gasteiger partial charge in [-0.3, -0.25) is 4.79 Å². The summed E-state index contributed by atoms with van der Waals surface area (Å²) in [6, 6.07) is 0.324. The fourth-order valence-corrected chi connectivity index (χ4v) is 2.24. The molecule has 0 saturated heterocycles. The molecule has 0 unspecified atom stereocenters. The molecule has 1 aliphatic rings. The first-order valence-corrected chi connectivity index (χ1v) is 6.51. The Kier molecular flexibility index (Phi) is 5.26. The van der Waals surface area contributed by atoms with Crippen LogP contribution >= 0.6 is 0 Å². The quantitative estimate of drug-likeness (QED) is 0.797. The second kappa shape index (κ2) is 6.24. The van der Waals surface area contributed by atoms with E-state index in [1.54, 1.807) is 0 Å². The van der Waals surface area contributed by atoms with Gasteiger partial charge in [0.05, 0.1) is 0 Å². The molecule has 0 aromatic carbocycles. The van der Waals surface area contributed by atoms with Crippen molar-refractivity contribution in [2.75, 3.05) is 13.6 Å². The van der Waals surface area contributed by atoms with E-state index in [4.69, 9.17) is 5.73 Å². The van der Waals surface area contributed by atoms with Crippen LogP contribution in [0.15, 0.2) is 0 Å². The smallest absolute Gasteiger partial charge is 0.225 e. The number of amides is 1. The summed E-state index contributed by atoms with van der Waals surface area (Å²) in [6.07, 6.45) is 5.06. The third kappa shape index (κ3) is 4.12. The van der Waals surface area contributed by atoms with Gasteiger partial charge in [0.1, 0.15) is 0 Å². The molecule has 1 aliphatic carbocycles. The Hall–Kier alpha value is -0.570. The van der Waals surface area contributed by atoms with Crippen molar-refractivity contribution in [3.8, 4) is 0 Å². The van der Waals surface area contributed by atoms with Crippen molar-refractivity contribution in [1.29, 1.82) is 0 Å². The van der Waals surface area contributed by atoms with Crippen LogP contribution in [0, 0.1) is 11.8 Å². The topological polar surface area (TPSA) is 46.3 Å². The lowest BCUT2D eigenvalue weighted by Crippen LogP contribution is -2.38. The van der Waals surface area contributed by atoms with Gasteiger partial charge < -0.3 is 10.6 Å². The highest BCUT2D eigenvalue weighted by molar-refractivity contribution is 5.78. The second-order valence-electron chi connectivity index (χ2n) is 5.55. The lowest BCUT2D eigenvalue weighted by Gasteiger charge is -2.29. The predicted molar refractivity (Wildman–Crippen MR) is 67.0 cm³/mol. The maximum Gasteiger partial charge on any atom is 0.225 e. The van der Waals surface area contributed by atoms with E-state index < -0.39 is 0 Å². The Morgan fingerprint density at radius 1 is 1.31 bits per heavy atom. The van der Waals surface area contributed by atoms with Gasteiger partial charge in [-0.2, -0.15) is 0 Å². The minimum absolute atomic E-state index is 0.233. The van der Waals surface area contributed by atoms with Gasteiger partial charge in [-0.1, -0.05) is 13.8 Å². The maximum atomic E-state index is 12.1. The van der Waals surface area contributed by atoms with Crippen molar-refractivity contribution in [2.24, 2.45) is 17.6 Å². The van der Waals surface area contributed by atoms with Crippen LogP contribution in [0.4, 0.5) is 0 Å². The Morgan fingerprint density at radius 2 is 1.88 bits per heavy atom. The molecule has 0 aliphatic heterocycles. The number of hydrogen-bond donors (Lipinski definition) is 1. The van der Waals surface area contributed by atoms with Crippen LogP contribution in [0.25, 0.3) is 0 Å². The standard InChI is InChI=1S/C13H26N2O/c1-10(2)8-9-15(3)13(16)11-4-6-12(14)7-5-11/h10-12H,4-9,14H2,1-3H3. The summed E-state index contributed by atoms with van der Waals surface area (Å²) in [5.74, 6) is 1.22. The van der Waals surface area contributed by atoms with Crippen LogP contribution in [0.3, 0.4) is 0 Å². The summed E-state index contributed by atoms with van der Waals surface area (Å²) in [5, 5.41) is 0. The molecule has 0 spiro atoms. The zero-order valence-electron chi connectivity index (χ0n) is 10.9. The fourth-order valence-electron chi connectivity index (χ4n) is 2.24. The molecule has 2 N–H and O–H groups in total. The number of carbonyl (C=O) groups is 1. The van der Waals surface area contributed by atoms with E-state index >= 15 is 0 Å². The number of nitrogens with zero attached hydrogens (tertiary/aromatic N) is 1. The average Bonchev–Trinajstić information content (AvgIpc) is 2.26. The number of hydrogen-bond acceptors (Lipinski definition) is 2. The molecular formula is C13H26N2O. The fraction of sp³-hybridized carbons (Fsp3) is 0.923. The first-order chi connectivity index (χ1) is 7.50. The highest BCUT2D eigenvalue weighted by Gasteiger charge is 2.26. The van der Waals surface area contributed by atoms with Crippen LogP contribution in [0.5, 0.6) is 0 Å². The summed E-state index contributed by atoms with van der Waals surface area (Å²) in [7, 11) is 1.93. The monoisotopic (exact) mass is 226 g/mol. The van der Waals surface area contributed by atoms with E-state index in [0.29, 0.717) is 17.9 Å². The number of rotatable bonds is 4. The van der Waals surface area contributed by atoms with Crippen molar-refractivity contribution in [3.63, 3.8) is 0 Å². The Bertz CT molecular complexity index is 220. The van der Waals surface area contributed by atoms with E-state index in [-0.39, 0.29) is 5.92 Å². The van der Waals surface area contributed by atoms with Crippen molar-refractivity contribution in [2.45, 2.75) is 52.0 Å². The molecule has 1 fully saturated rings. The summed E-state index contributed by atoms with van der Waals surface area (Å²) in [6.45, 7) is 5.27. The van der Waals surface area contributed by atoms with Crippen LogP contribution < -0.4 is 5.73 Å². The van der Waals surface area contributed by atoms with E-state index in [9.17, 15) is 4.79 Å². The third-order valence-electron chi connectivity index (χ3n) is 3.54. The molecule has 0 aromatic heterocycles. The van der Waals surface area contributed by atoms with Crippen molar-refractivity contribution in [3.05, 3.63) is 0 Å². The zero-order chi connectivity index (χ0) is 12.1. The minimum atomic E-state index is 0.233. The van der Waals surface area contributed by atoms with Gasteiger partial charge in [0.2, 0.25) is 5.91 Å². The third-order valence-corrected chi connectivity index (χ3v) is 3.54. The van der Waals surface area contributed by atoms with E-state index in [1.165, 1.54) is 0 Å². The molecule has 16 heavy (non-hydrogen) atoms. The summed E-state index contributed by atoms with van der Waals surface area (Å²) < 4.78 is 0. The number of carbonyl (C=O) groups excluding carboxylic acids is 1. The number of nitrogens with two attached hydrogens (primary N) is 1. The van der Waals surface area contributed by atoms with Crippen LogP contribution in [-0.4, -0.2) is 30.4 Å². The molecule has 0 aromatic rings. The van der Waals surface area contributed by atoms with Gasteiger partial charge in [0, 0.05) is 25.6 Å². The highest BCUT2D eigenvalue weighted by atomic mass is 16.2. The molecular weight excluding hydrogens is 200 g/mol. The van der Waals surface area contributed by atoms with Gasteiger partial charge in [-0.15, -0.1) is 0 Å². The van der Waals surface area contributed by atoms with Crippen molar-refractivity contribution >= 4 is 5.91 Å². The highest BCUT2D eigenvalue weighted by Crippen LogP contribution is 2.24. The zero-order valence-corrected chi connectivity index (χ0v) is 10.9. The second-order valence-corrected chi connectivity index (χ2v) is 5.55. The Morgan fingerprint density at radius 3 is 2.38 bits per heavy atom. The van der Waals surface area contributed by atoms with Gasteiger partial charge in [0.25, 0.3) is 0 Å². The van der Waals surface area contributed by atoms with Crippen LogP contribution in [-0.2, 0) is 4.79 Å². The van der Waals surface area contributed by atoms with E-state index in [0.717, 1.165) is 38.6 Å². The molecule has 1 saturated carbocycles. The molecule has 0 atom stereocenters. The molecule has 1 rings (SSSR count). The van der Waals surface area contributed by atoms with Gasteiger partial charge in [-0.25, -0.2) is 0 Å². The molecule has 94 valence electrons. The first-order valence-electron chi connectivity index (χ1n) is 6.51. The van der Waals surface area contributed by atoms with Crippen molar-refractivity contribution < 1.29 is 4.79 Å². The summed E-state index contributed by atoms with van der Waals surface area (Å²) in [4.78, 5) is 14.0. The molecule has 1 amide bonds.